The molecule has 2 aromatic rings. The number of nitrogens with zero attached hydrogens (tertiary/aromatic N) is 2. The van der Waals surface area contributed by atoms with Crippen molar-refractivity contribution in [2.75, 3.05) is 20.2 Å². The molecule has 128 valence electrons. The van der Waals surface area contributed by atoms with Crippen LogP contribution in [-0.2, 0) is 11.2 Å². The molecule has 1 atom stereocenters. The molecule has 1 amide bonds. The summed E-state index contributed by atoms with van der Waals surface area (Å²) in [5.41, 5.74) is 2.41. The molecular formula is C19H24N2O2S. The Bertz CT molecular complexity index is 681. The summed E-state index contributed by atoms with van der Waals surface area (Å²) in [7, 11) is 1.68. The summed E-state index contributed by atoms with van der Waals surface area (Å²) >= 11 is 1.67. The maximum Gasteiger partial charge on any atom is 0.222 e. The van der Waals surface area contributed by atoms with Gasteiger partial charge in [0.05, 0.1) is 17.8 Å². The van der Waals surface area contributed by atoms with Crippen LogP contribution in [0.25, 0.3) is 0 Å². The van der Waals surface area contributed by atoms with E-state index in [9.17, 15) is 4.79 Å². The number of hydrogen-bond acceptors (Lipinski definition) is 4. The summed E-state index contributed by atoms with van der Waals surface area (Å²) in [6.45, 7) is 3.72. The van der Waals surface area contributed by atoms with Gasteiger partial charge in [-0.1, -0.05) is 12.1 Å². The number of methoxy groups -OCH3 is 1. The standard InChI is InChI=1S/C19H24N2O2S/c1-14-20-17(13-24-14)4-3-5-19(22)21-11-10-16(12-21)15-6-8-18(23-2)9-7-15/h6-9,13,16H,3-5,10-12H2,1-2H3. The lowest BCUT2D eigenvalue weighted by atomic mass is 9.98. The summed E-state index contributed by atoms with van der Waals surface area (Å²) in [6, 6.07) is 8.22. The molecular weight excluding hydrogens is 320 g/mol. The Labute approximate surface area is 147 Å². The third kappa shape index (κ3) is 4.15. The van der Waals surface area contributed by atoms with E-state index < -0.39 is 0 Å². The molecule has 24 heavy (non-hydrogen) atoms. The van der Waals surface area contributed by atoms with Crippen LogP contribution >= 0.6 is 11.3 Å². The second-order valence-corrected chi connectivity index (χ2v) is 7.37. The summed E-state index contributed by atoms with van der Waals surface area (Å²) < 4.78 is 5.20. The molecule has 0 bridgehead atoms. The minimum atomic E-state index is 0.276. The van der Waals surface area contributed by atoms with E-state index in [0.717, 1.165) is 48.8 Å². The van der Waals surface area contributed by atoms with Crippen molar-refractivity contribution in [1.29, 1.82) is 0 Å². The molecule has 1 saturated heterocycles. The first-order valence-corrected chi connectivity index (χ1v) is 9.36. The van der Waals surface area contributed by atoms with Gasteiger partial charge in [0.1, 0.15) is 5.75 Å². The molecule has 0 aliphatic carbocycles. The number of ether oxygens (including phenoxy) is 1. The Kier molecular flexibility index (Phi) is 5.51. The highest BCUT2D eigenvalue weighted by Gasteiger charge is 2.26. The van der Waals surface area contributed by atoms with Crippen molar-refractivity contribution in [3.05, 3.63) is 45.9 Å². The fourth-order valence-electron chi connectivity index (χ4n) is 3.24. The van der Waals surface area contributed by atoms with Crippen molar-refractivity contribution in [1.82, 2.24) is 9.88 Å². The average molecular weight is 344 g/mol. The van der Waals surface area contributed by atoms with E-state index in [2.05, 4.69) is 22.5 Å². The van der Waals surface area contributed by atoms with Crippen molar-refractivity contribution in [3.8, 4) is 5.75 Å². The molecule has 1 fully saturated rings. The Morgan fingerprint density at radius 3 is 2.83 bits per heavy atom. The number of thiazole rings is 1. The fraction of sp³-hybridized carbons (Fsp3) is 0.474. The molecule has 1 aromatic carbocycles. The van der Waals surface area contributed by atoms with E-state index in [1.165, 1.54) is 5.56 Å². The predicted molar refractivity (Wildman–Crippen MR) is 96.7 cm³/mol. The number of aromatic nitrogens is 1. The van der Waals surface area contributed by atoms with Crippen molar-refractivity contribution < 1.29 is 9.53 Å². The van der Waals surface area contributed by atoms with Gasteiger partial charge in [-0.15, -0.1) is 11.3 Å². The Morgan fingerprint density at radius 2 is 2.17 bits per heavy atom. The maximum absolute atomic E-state index is 12.4. The first kappa shape index (κ1) is 17.0. The van der Waals surface area contributed by atoms with Gasteiger partial charge >= 0.3 is 0 Å². The van der Waals surface area contributed by atoms with E-state index in [1.807, 2.05) is 24.0 Å². The summed E-state index contributed by atoms with van der Waals surface area (Å²) in [5, 5.41) is 3.19. The van der Waals surface area contributed by atoms with E-state index in [0.29, 0.717) is 12.3 Å². The topological polar surface area (TPSA) is 42.4 Å². The zero-order valence-corrected chi connectivity index (χ0v) is 15.1. The molecule has 0 saturated carbocycles. The number of carbonyl (C=O) groups is 1. The third-order valence-electron chi connectivity index (χ3n) is 4.62. The molecule has 1 aliphatic heterocycles. The van der Waals surface area contributed by atoms with Crippen LogP contribution < -0.4 is 4.74 Å². The van der Waals surface area contributed by atoms with Crippen molar-refractivity contribution >= 4 is 17.2 Å². The van der Waals surface area contributed by atoms with Gasteiger partial charge in [-0.05, 0) is 43.9 Å². The average Bonchev–Trinajstić information content (AvgIpc) is 3.24. The van der Waals surface area contributed by atoms with Gasteiger partial charge in [-0.2, -0.15) is 0 Å². The summed E-state index contributed by atoms with van der Waals surface area (Å²) in [5.74, 6) is 1.60. The van der Waals surface area contributed by atoms with Crippen molar-refractivity contribution in [2.45, 2.75) is 38.5 Å². The van der Waals surface area contributed by atoms with Crippen LogP contribution in [0, 0.1) is 6.92 Å². The highest BCUT2D eigenvalue weighted by molar-refractivity contribution is 7.09. The van der Waals surface area contributed by atoms with Crippen LogP contribution in [0.15, 0.2) is 29.6 Å². The Morgan fingerprint density at radius 1 is 1.38 bits per heavy atom. The van der Waals surface area contributed by atoms with Crippen molar-refractivity contribution in [3.63, 3.8) is 0 Å². The molecule has 0 spiro atoms. The van der Waals surface area contributed by atoms with E-state index in [-0.39, 0.29) is 5.91 Å². The molecule has 1 aliphatic rings. The lowest BCUT2D eigenvalue weighted by Gasteiger charge is -2.16. The van der Waals surface area contributed by atoms with Gasteiger partial charge in [-0.25, -0.2) is 4.98 Å². The first-order chi connectivity index (χ1) is 11.7. The molecule has 1 unspecified atom stereocenters. The van der Waals surface area contributed by atoms with Crippen LogP contribution in [0.1, 0.15) is 41.4 Å². The van der Waals surface area contributed by atoms with Crippen LogP contribution in [-0.4, -0.2) is 36.0 Å². The minimum absolute atomic E-state index is 0.276. The molecule has 2 heterocycles. The first-order valence-electron chi connectivity index (χ1n) is 8.48. The Hall–Kier alpha value is -1.88. The van der Waals surface area contributed by atoms with Gasteiger partial charge in [0.2, 0.25) is 5.91 Å². The highest BCUT2D eigenvalue weighted by atomic mass is 32.1. The van der Waals surface area contributed by atoms with Gasteiger partial charge in [0.15, 0.2) is 0 Å². The largest absolute Gasteiger partial charge is 0.497 e. The zero-order chi connectivity index (χ0) is 16.9. The molecule has 0 N–H and O–H groups in total. The van der Waals surface area contributed by atoms with Gasteiger partial charge in [0.25, 0.3) is 0 Å². The van der Waals surface area contributed by atoms with E-state index in [1.54, 1.807) is 18.4 Å². The van der Waals surface area contributed by atoms with Gasteiger partial charge < -0.3 is 9.64 Å². The van der Waals surface area contributed by atoms with E-state index >= 15 is 0 Å². The predicted octanol–water partition coefficient (Wildman–Crippen LogP) is 3.80. The molecule has 3 rings (SSSR count). The second kappa shape index (κ2) is 7.79. The lowest BCUT2D eigenvalue weighted by molar-refractivity contribution is -0.130. The Balaban J connectivity index is 1.46. The SMILES string of the molecule is COc1ccc(C2CCN(C(=O)CCCc3csc(C)n3)C2)cc1. The van der Waals surface area contributed by atoms with Gasteiger partial charge in [0, 0.05) is 30.8 Å². The summed E-state index contributed by atoms with van der Waals surface area (Å²) in [4.78, 5) is 18.9. The zero-order valence-electron chi connectivity index (χ0n) is 14.3. The number of aryl methyl sites for hydroxylation is 2. The number of benzene rings is 1. The van der Waals surface area contributed by atoms with Crippen LogP contribution in [0.2, 0.25) is 0 Å². The normalized spacial score (nSPS) is 17.2. The highest BCUT2D eigenvalue weighted by Crippen LogP contribution is 2.29. The number of amides is 1. The maximum atomic E-state index is 12.4. The van der Waals surface area contributed by atoms with Crippen LogP contribution in [0.5, 0.6) is 5.75 Å². The van der Waals surface area contributed by atoms with Crippen LogP contribution in [0.3, 0.4) is 0 Å². The number of likely N-dealkylation sites (tertiary alicyclic amines) is 1. The monoisotopic (exact) mass is 344 g/mol. The number of hydrogen-bond donors (Lipinski definition) is 0. The van der Waals surface area contributed by atoms with Crippen molar-refractivity contribution in [2.24, 2.45) is 0 Å². The van der Waals surface area contributed by atoms with Gasteiger partial charge in [-0.3, -0.25) is 4.79 Å². The third-order valence-corrected chi connectivity index (χ3v) is 5.44. The van der Waals surface area contributed by atoms with E-state index in [4.69, 9.17) is 4.74 Å². The molecule has 5 heteroatoms. The lowest BCUT2D eigenvalue weighted by Crippen LogP contribution is -2.28. The molecule has 4 nitrogen and oxygen atoms in total. The number of rotatable bonds is 6. The van der Waals surface area contributed by atoms with Crippen LogP contribution in [0.4, 0.5) is 0 Å². The smallest absolute Gasteiger partial charge is 0.222 e. The number of carbonyl (C=O) groups excluding carboxylic acids is 1. The molecule has 1 aromatic heterocycles. The molecule has 0 radical (unpaired) electrons. The minimum Gasteiger partial charge on any atom is -0.497 e. The second-order valence-electron chi connectivity index (χ2n) is 6.31. The summed E-state index contributed by atoms with van der Waals surface area (Å²) in [6.07, 6.45) is 3.44. The fourth-order valence-corrected chi connectivity index (χ4v) is 3.88. The quantitative estimate of drug-likeness (QED) is 0.800.